The van der Waals surface area contributed by atoms with E-state index in [9.17, 15) is 4.79 Å². The maximum Gasteiger partial charge on any atom is 0.263 e. The van der Waals surface area contributed by atoms with Crippen LogP contribution in [-0.4, -0.2) is 24.0 Å². The van der Waals surface area contributed by atoms with Crippen LogP contribution in [0.5, 0.6) is 5.75 Å². The molecule has 0 spiro atoms. The van der Waals surface area contributed by atoms with Crippen LogP contribution in [0.1, 0.15) is 18.9 Å². The molecule has 0 aliphatic carbocycles. The molecule has 3 aromatic carbocycles. The highest BCUT2D eigenvalue weighted by Crippen LogP contribution is 2.22. The van der Waals surface area contributed by atoms with Gasteiger partial charge in [0, 0.05) is 13.6 Å². The monoisotopic (exact) mass is 333 g/mol. The van der Waals surface area contributed by atoms with Gasteiger partial charge in [-0.15, -0.1) is 0 Å². The van der Waals surface area contributed by atoms with Crippen molar-refractivity contribution in [2.24, 2.45) is 0 Å². The third kappa shape index (κ3) is 4.18. The number of rotatable bonds is 6. The van der Waals surface area contributed by atoms with Gasteiger partial charge in [-0.25, -0.2) is 0 Å². The summed E-state index contributed by atoms with van der Waals surface area (Å²) in [5.74, 6) is 0.728. The van der Waals surface area contributed by atoms with Crippen LogP contribution >= 0.6 is 0 Å². The highest BCUT2D eigenvalue weighted by molar-refractivity contribution is 5.84. The third-order valence-electron chi connectivity index (χ3n) is 4.28. The highest BCUT2D eigenvalue weighted by Gasteiger charge is 2.22. The molecule has 0 aromatic heterocycles. The highest BCUT2D eigenvalue weighted by atomic mass is 16.5. The lowest BCUT2D eigenvalue weighted by molar-refractivity contribution is -0.138. The summed E-state index contributed by atoms with van der Waals surface area (Å²) in [7, 11) is 1.82. The van der Waals surface area contributed by atoms with Gasteiger partial charge in [0.1, 0.15) is 5.75 Å². The Kier molecular flexibility index (Phi) is 5.34. The van der Waals surface area contributed by atoms with Crippen LogP contribution in [0.2, 0.25) is 0 Å². The molecule has 128 valence electrons. The van der Waals surface area contributed by atoms with Gasteiger partial charge in [-0.1, -0.05) is 67.6 Å². The van der Waals surface area contributed by atoms with Gasteiger partial charge in [-0.3, -0.25) is 4.79 Å². The van der Waals surface area contributed by atoms with Crippen LogP contribution in [0.25, 0.3) is 10.8 Å². The fraction of sp³-hybridized carbons (Fsp3) is 0.227. The Morgan fingerprint density at radius 2 is 1.64 bits per heavy atom. The van der Waals surface area contributed by atoms with Crippen molar-refractivity contribution < 1.29 is 9.53 Å². The quantitative estimate of drug-likeness (QED) is 0.657. The zero-order chi connectivity index (χ0) is 17.6. The number of fused-ring (bicyclic) bond motifs is 1. The van der Waals surface area contributed by atoms with Crippen molar-refractivity contribution >= 4 is 16.7 Å². The normalized spacial score (nSPS) is 11.9. The lowest BCUT2D eigenvalue weighted by Crippen LogP contribution is -2.39. The fourth-order valence-corrected chi connectivity index (χ4v) is 2.89. The van der Waals surface area contributed by atoms with Crippen molar-refractivity contribution in [3.8, 4) is 5.75 Å². The molecule has 1 atom stereocenters. The number of amides is 1. The SMILES string of the molecule is CC[C@H](Oc1ccc2ccccc2c1)C(=O)N(C)Cc1ccccc1. The van der Waals surface area contributed by atoms with E-state index in [0.29, 0.717) is 13.0 Å². The number of hydrogen-bond acceptors (Lipinski definition) is 2. The average Bonchev–Trinajstić information content (AvgIpc) is 2.66. The van der Waals surface area contributed by atoms with Gasteiger partial charge in [-0.05, 0) is 34.9 Å². The predicted molar refractivity (Wildman–Crippen MR) is 102 cm³/mol. The molecule has 0 heterocycles. The standard InChI is InChI=1S/C22H23NO2/c1-3-21(22(24)23(2)16-17-9-5-4-6-10-17)25-20-14-13-18-11-7-8-12-19(18)15-20/h4-15,21H,3,16H2,1-2H3/t21-/m0/s1. The molecular weight excluding hydrogens is 310 g/mol. The molecule has 25 heavy (non-hydrogen) atoms. The van der Waals surface area contributed by atoms with Crippen molar-refractivity contribution in [3.63, 3.8) is 0 Å². The second-order valence-corrected chi connectivity index (χ2v) is 6.20. The molecule has 1 amide bonds. The summed E-state index contributed by atoms with van der Waals surface area (Å²) in [4.78, 5) is 14.5. The minimum absolute atomic E-state index is 0.000452. The van der Waals surface area contributed by atoms with E-state index in [2.05, 4.69) is 6.07 Å². The van der Waals surface area contributed by atoms with Crippen molar-refractivity contribution in [1.29, 1.82) is 0 Å². The Bertz CT molecular complexity index is 845. The van der Waals surface area contributed by atoms with E-state index >= 15 is 0 Å². The van der Waals surface area contributed by atoms with E-state index < -0.39 is 6.10 Å². The number of nitrogens with zero attached hydrogens (tertiary/aromatic N) is 1. The van der Waals surface area contributed by atoms with Crippen molar-refractivity contribution in [1.82, 2.24) is 4.90 Å². The zero-order valence-corrected chi connectivity index (χ0v) is 14.7. The molecule has 0 aliphatic rings. The number of ether oxygens (including phenoxy) is 1. The smallest absolute Gasteiger partial charge is 0.263 e. The van der Waals surface area contributed by atoms with Crippen LogP contribution in [0.15, 0.2) is 72.8 Å². The Labute approximate surface area is 148 Å². The molecule has 3 rings (SSSR count). The second kappa shape index (κ2) is 7.84. The maximum absolute atomic E-state index is 12.7. The number of carbonyl (C=O) groups excluding carboxylic acids is 1. The fourth-order valence-electron chi connectivity index (χ4n) is 2.89. The van der Waals surface area contributed by atoms with Crippen LogP contribution in [0.4, 0.5) is 0 Å². The second-order valence-electron chi connectivity index (χ2n) is 6.20. The summed E-state index contributed by atoms with van der Waals surface area (Å²) < 4.78 is 6.00. The average molecular weight is 333 g/mol. The molecule has 3 aromatic rings. The lowest BCUT2D eigenvalue weighted by Gasteiger charge is -2.24. The summed E-state index contributed by atoms with van der Waals surface area (Å²) in [5, 5.41) is 2.27. The molecular formula is C22H23NO2. The minimum Gasteiger partial charge on any atom is -0.481 e. The molecule has 0 fully saturated rings. The molecule has 0 bridgehead atoms. The van der Waals surface area contributed by atoms with E-state index in [4.69, 9.17) is 4.74 Å². The van der Waals surface area contributed by atoms with E-state index in [-0.39, 0.29) is 5.91 Å². The van der Waals surface area contributed by atoms with E-state index in [0.717, 1.165) is 22.1 Å². The number of likely N-dealkylation sites (N-methyl/N-ethyl adjacent to an activating group) is 1. The first-order valence-electron chi connectivity index (χ1n) is 8.61. The van der Waals surface area contributed by atoms with Gasteiger partial charge >= 0.3 is 0 Å². The molecule has 0 saturated carbocycles. The molecule has 0 N–H and O–H groups in total. The summed E-state index contributed by atoms with van der Waals surface area (Å²) >= 11 is 0. The maximum atomic E-state index is 12.7. The van der Waals surface area contributed by atoms with Crippen LogP contribution < -0.4 is 4.74 Å². The van der Waals surface area contributed by atoms with E-state index in [1.54, 1.807) is 4.90 Å². The third-order valence-corrected chi connectivity index (χ3v) is 4.28. The topological polar surface area (TPSA) is 29.5 Å². The summed E-state index contributed by atoms with van der Waals surface area (Å²) in [6.45, 7) is 2.55. The van der Waals surface area contributed by atoms with Gasteiger partial charge in [0.2, 0.25) is 0 Å². The summed E-state index contributed by atoms with van der Waals surface area (Å²) in [6, 6.07) is 24.1. The van der Waals surface area contributed by atoms with Crippen LogP contribution in [0.3, 0.4) is 0 Å². The number of benzene rings is 3. The van der Waals surface area contributed by atoms with Crippen molar-refractivity contribution in [2.75, 3.05) is 7.05 Å². The van der Waals surface area contributed by atoms with Gasteiger partial charge in [-0.2, -0.15) is 0 Å². The Morgan fingerprint density at radius 1 is 0.960 bits per heavy atom. The lowest BCUT2D eigenvalue weighted by atomic mass is 10.1. The number of carbonyl (C=O) groups is 1. The first-order chi connectivity index (χ1) is 12.2. The predicted octanol–water partition coefficient (Wildman–Crippen LogP) is 4.66. The van der Waals surface area contributed by atoms with Crippen molar-refractivity contribution in [2.45, 2.75) is 26.0 Å². The molecule has 3 nitrogen and oxygen atoms in total. The molecule has 0 radical (unpaired) electrons. The van der Waals surface area contributed by atoms with Gasteiger partial charge in [0.25, 0.3) is 5.91 Å². The Balaban J connectivity index is 1.70. The van der Waals surface area contributed by atoms with Crippen LogP contribution in [0, 0.1) is 0 Å². The molecule has 0 aliphatic heterocycles. The molecule has 0 unspecified atom stereocenters. The molecule has 3 heteroatoms. The largest absolute Gasteiger partial charge is 0.481 e. The Morgan fingerprint density at radius 3 is 2.36 bits per heavy atom. The van der Waals surface area contributed by atoms with Gasteiger partial charge in [0.05, 0.1) is 0 Å². The Hall–Kier alpha value is -2.81. The first kappa shape index (κ1) is 17.0. The van der Waals surface area contributed by atoms with Crippen molar-refractivity contribution in [3.05, 3.63) is 78.4 Å². The minimum atomic E-state index is -0.477. The van der Waals surface area contributed by atoms with Crippen LogP contribution in [-0.2, 0) is 11.3 Å². The zero-order valence-electron chi connectivity index (χ0n) is 14.7. The first-order valence-corrected chi connectivity index (χ1v) is 8.61. The van der Waals surface area contributed by atoms with E-state index in [1.807, 2.05) is 80.7 Å². The van der Waals surface area contributed by atoms with Gasteiger partial charge in [0.15, 0.2) is 6.10 Å². The molecule has 0 saturated heterocycles. The van der Waals surface area contributed by atoms with E-state index in [1.165, 1.54) is 0 Å². The summed E-state index contributed by atoms with van der Waals surface area (Å²) in [5.41, 5.74) is 1.11. The summed E-state index contributed by atoms with van der Waals surface area (Å²) in [6.07, 6.45) is 0.153. The van der Waals surface area contributed by atoms with Gasteiger partial charge < -0.3 is 9.64 Å². The number of hydrogen-bond donors (Lipinski definition) is 0.